The van der Waals surface area contributed by atoms with Crippen molar-refractivity contribution in [3.63, 3.8) is 0 Å². The summed E-state index contributed by atoms with van der Waals surface area (Å²) in [5.41, 5.74) is 1.85. The number of hydrogen-bond acceptors (Lipinski definition) is 4. The summed E-state index contributed by atoms with van der Waals surface area (Å²) >= 11 is 17.7. The van der Waals surface area contributed by atoms with Gasteiger partial charge >= 0.3 is 5.97 Å². The summed E-state index contributed by atoms with van der Waals surface area (Å²) in [5.74, 6) is -1.25. The van der Waals surface area contributed by atoms with E-state index >= 15 is 0 Å². The number of amides is 1. The Kier molecular flexibility index (Phi) is 6.04. The van der Waals surface area contributed by atoms with Crippen LogP contribution in [0, 0.1) is 13.8 Å². The molecule has 0 unspecified atom stereocenters. The minimum atomic E-state index is -0.718. The minimum absolute atomic E-state index is 0.0412. The van der Waals surface area contributed by atoms with Gasteiger partial charge in [0, 0.05) is 21.4 Å². The van der Waals surface area contributed by atoms with Crippen LogP contribution in [0.25, 0.3) is 0 Å². The molecular formula is C16H13Cl3N2O3. The van der Waals surface area contributed by atoms with Crippen molar-refractivity contribution in [2.24, 2.45) is 0 Å². The lowest BCUT2D eigenvalue weighted by molar-refractivity contribution is -0.119. The van der Waals surface area contributed by atoms with Crippen LogP contribution < -0.4 is 5.32 Å². The van der Waals surface area contributed by atoms with Gasteiger partial charge in [0.25, 0.3) is 5.91 Å². The number of halogens is 3. The smallest absolute Gasteiger partial charge is 0.342 e. The van der Waals surface area contributed by atoms with Crippen LogP contribution in [0.1, 0.15) is 21.6 Å². The Morgan fingerprint density at radius 3 is 2.29 bits per heavy atom. The quantitative estimate of drug-likeness (QED) is 0.621. The highest BCUT2D eigenvalue weighted by atomic mass is 35.5. The summed E-state index contributed by atoms with van der Waals surface area (Å²) in [6.45, 7) is 3.00. The average Bonchev–Trinajstić information content (AvgIpc) is 2.42. The molecule has 2 rings (SSSR count). The topological polar surface area (TPSA) is 68.3 Å². The van der Waals surface area contributed by atoms with Crippen molar-refractivity contribution in [2.75, 3.05) is 11.9 Å². The predicted octanol–water partition coefficient (Wildman–Crippen LogP) is 4.45. The Hall–Kier alpha value is -1.82. The molecule has 0 aliphatic carbocycles. The molecule has 24 heavy (non-hydrogen) atoms. The highest BCUT2D eigenvalue weighted by Gasteiger charge is 2.18. The summed E-state index contributed by atoms with van der Waals surface area (Å²) < 4.78 is 4.98. The zero-order valence-corrected chi connectivity index (χ0v) is 15.1. The second kappa shape index (κ2) is 7.83. The summed E-state index contributed by atoms with van der Waals surface area (Å²) in [5, 5.41) is 3.33. The first kappa shape index (κ1) is 18.5. The number of nitrogens with one attached hydrogen (secondary N) is 1. The van der Waals surface area contributed by atoms with Crippen LogP contribution in [0.2, 0.25) is 15.2 Å². The molecule has 0 aliphatic rings. The normalized spacial score (nSPS) is 10.4. The van der Waals surface area contributed by atoms with Gasteiger partial charge in [0.2, 0.25) is 0 Å². The molecule has 126 valence electrons. The van der Waals surface area contributed by atoms with Gasteiger partial charge in [0.05, 0.1) is 5.56 Å². The number of ether oxygens (including phenoxy) is 1. The maximum Gasteiger partial charge on any atom is 0.342 e. The molecule has 0 atom stereocenters. The Labute approximate surface area is 153 Å². The van der Waals surface area contributed by atoms with Gasteiger partial charge in [-0.05, 0) is 43.7 Å². The van der Waals surface area contributed by atoms with Crippen LogP contribution in [-0.4, -0.2) is 23.5 Å². The fraction of sp³-hybridized carbons (Fsp3) is 0.188. The van der Waals surface area contributed by atoms with Gasteiger partial charge < -0.3 is 10.1 Å². The Morgan fingerprint density at radius 1 is 1.08 bits per heavy atom. The fourth-order valence-electron chi connectivity index (χ4n) is 2.06. The molecule has 1 heterocycles. The standard InChI is InChI=1S/C16H13Cl3N2O3/c1-8-3-9(2)20-15(19)14(8)16(23)24-7-13(22)21-12-5-10(17)4-11(18)6-12/h3-6H,7H2,1-2H3,(H,21,22). The first-order valence-electron chi connectivity index (χ1n) is 6.83. The van der Waals surface area contributed by atoms with E-state index in [4.69, 9.17) is 39.5 Å². The highest BCUT2D eigenvalue weighted by molar-refractivity contribution is 6.35. The first-order chi connectivity index (χ1) is 11.3. The number of rotatable bonds is 4. The first-order valence-corrected chi connectivity index (χ1v) is 7.96. The number of pyridine rings is 1. The Balaban J connectivity index is 2.00. The van der Waals surface area contributed by atoms with E-state index in [0.717, 1.165) is 0 Å². The monoisotopic (exact) mass is 386 g/mol. The van der Waals surface area contributed by atoms with Crippen LogP contribution in [0.3, 0.4) is 0 Å². The molecule has 0 saturated carbocycles. The Bertz CT molecular complexity index is 766. The zero-order chi connectivity index (χ0) is 17.9. The lowest BCUT2D eigenvalue weighted by Gasteiger charge is -2.10. The third kappa shape index (κ3) is 4.84. The zero-order valence-electron chi connectivity index (χ0n) is 12.8. The molecule has 0 saturated heterocycles. The van der Waals surface area contributed by atoms with Crippen LogP contribution in [-0.2, 0) is 9.53 Å². The van der Waals surface area contributed by atoms with E-state index in [1.165, 1.54) is 18.2 Å². The van der Waals surface area contributed by atoms with Crippen LogP contribution in [0.5, 0.6) is 0 Å². The van der Waals surface area contributed by atoms with Gasteiger partial charge in [-0.1, -0.05) is 34.8 Å². The number of anilines is 1. The van der Waals surface area contributed by atoms with E-state index in [1.54, 1.807) is 19.9 Å². The van der Waals surface area contributed by atoms with Gasteiger partial charge in [-0.25, -0.2) is 9.78 Å². The molecule has 2 aromatic rings. The van der Waals surface area contributed by atoms with E-state index in [0.29, 0.717) is 27.0 Å². The Morgan fingerprint density at radius 2 is 1.71 bits per heavy atom. The number of nitrogens with zero attached hydrogens (tertiary/aromatic N) is 1. The maximum atomic E-state index is 12.1. The summed E-state index contributed by atoms with van der Waals surface area (Å²) in [6.07, 6.45) is 0. The van der Waals surface area contributed by atoms with E-state index in [1.807, 2.05) is 0 Å². The van der Waals surface area contributed by atoms with Gasteiger partial charge in [0.15, 0.2) is 6.61 Å². The molecule has 0 aliphatic heterocycles. The molecule has 8 heteroatoms. The highest BCUT2D eigenvalue weighted by Crippen LogP contribution is 2.22. The molecule has 1 N–H and O–H groups in total. The number of carbonyl (C=O) groups excluding carboxylic acids is 2. The van der Waals surface area contributed by atoms with E-state index in [2.05, 4.69) is 10.3 Å². The summed E-state index contributed by atoms with van der Waals surface area (Å²) in [7, 11) is 0. The molecular weight excluding hydrogens is 375 g/mol. The molecule has 1 aromatic heterocycles. The molecule has 5 nitrogen and oxygen atoms in total. The van der Waals surface area contributed by atoms with E-state index < -0.39 is 18.5 Å². The van der Waals surface area contributed by atoms with Crippen molar-refractivity contribution >= 4 is 52.4 Å². The maximum absolute atomic E-state index is 12.1. The summed E-state index contributed by atoms with van der Waals surface area (Å²) in [6, 6.07) is 6.29. The van der Waals surface area contributed by atoms with Crippen molar-refractivity contribution < 1.29 is 14.3 Å². The van der Waals surface area contributed by atoms with Crippen LogP contribution in [0.15, 0.2) is 24.3 Å². The van der Waals surface area contributed by atoms with Gasteiger partial charge in [0.1, 0.15) is 5.15 Å². The summed E-state index contributed by atoms with van der Waals surface area (Å²) in [4.78, 5) is 28.0. The average molecular weight is 388 g/mol. The SMILES string of the molecule is Cc1cc(C)c(C(=O)OCC(=O)Nc2cc(Cl)cc(Cl)c2)c(Cl)n1. The number of esters is 1. The van der Waals surface area contributed by atoms with Gasteiger partial charge in [-0.2, -0.15) is 0 Å². The molecule has 1 amide bonds. The number of aromatic nitrogens is 1. The molecule has 0 spiro atoms. The van der Waals surface area contributed by atoms with Crippen LogP contribution >= 0.6 is 34.8 Å². The van der Waals surface area contributed by atoms with Crippen LogP contribution in [0.4, 0.5) is 5.69 Å². The van der Waals surface area contributed by atoms with Crippen molar-refractivity contribution in [1.82, 2.24) is 4.98 Å². The van der Waals surface area contributed by atoms with Crippen molar-refractivity contribution in [3.8, 4) is 0 Å². The number of hydrogen-bond donors (Lipinski definition) is 1. The van der Waals surface area contributed by atoms with E-state index in [-0.39, 0.29) is 10.7 Å². The van der Waals surface area contributed by atoms with Gasteiger partial charge in [-0.3, -0.25) is 4.79 Å². The number of benzene rings is 1. The third-order valence-electron chi connectivity index (χ3n) is 2.99. The molecule has 0 fully saturated rings. The minimum Gasteiger partial charge on any atom is -0.452 e. The van der Waals surface area contributed by atoms with Crippen molar-refractivity contribution in [3.05, 3.63) is 56.3 Å². The van der Waals surface area contributed by atoms with Gasteiger partial charge in [-0.15, -0.1) is 0 Å². The molecule has 1 aromatic carbocycles. The lowest BCUT2D eigenvalue weighted by Crippen LogP contribution is -2.21. The lowest BCUT2D eigenvalue weighted by atomic mass is 10.1. The van der Waals surface area contributed by atoms with Crippen molar-refractivity contribution in [2.45, 2.75) is 13.8 Å². The van der Waals surface area contributed by atoms with E-state index in [9.17, 15) is 9.59 Å². The molecule has 0 radical (unpaired) electrons. The third-order valence-corrected chi connectivity index (χ3v) is 3.70. The largest absolute Gasteiger partial charge is 0.452 e. The predicted molar refractivity (Wildman–Crippen MR) is 94.1 cm³/mol. The fourth-order valence-corrected chi connectivity index (χ4v) is 2.95. The number of carbonyl (C=O) groups is 2. The second-order valence-electron chi connectivity index (χ2n) is 5.03. The second-order valence-corrected chi connectivity index (χ2v) is 6.26. The number of aryl methyl sites for hydroxylation is 2. The molecule has 0 bridgehead atoms. The van der Waals surface area contributed by atoms with Crippen molar-refractivity contribution in [1.29, 1.82) is 0 Å².